The standard InChI is InChI=1S/C14H19N3O4/c1-5-17-10-7-12(21-4)11(20-3)6-9(10)16-13(17)8(2)15-14(18)19/h6-8,15H,5H2,1-4H3,(H,18,19)/t8-/m1/s1. The molecule has 114 valence electrons. The number of methoxy groups -OCH3 is 2. The third-order valence-electron chi connectivity index (χ3n) is 3.33. The number of nitrogens with zero attached hydrogens (tertiary/aromatic N) is 2. The summed E-state index contributed by atoms with van der Waals surface area (Å²) in [6.45, 7) is 4.41. The van der Waals surface area contributed by atoms with E-state index in [0.29, 0.717) is 23.9 Å². The minimum Gasteiger partial charge on any atom is -0.493 e. The molecule has 1 heterocycles. The lowest BCUT2D eigenvalue weighted by molar-refractivity contribution is 0.190. The van der Waals surface area contributed by atoms with Crippen LogP contribution in [0.15, 0.2) is 12.1 Å². The van der Waals surface area contributed by atoms with Crippen molar-refractivity contribution in [3.05, 3.63) is 18.0 Å². The number of rotatable bonds is 5. The number of hydrogen-bond acceptors (Lipinski definition) is 4. The van der Waals surface area contributed by atoms with Gasteiger partial charge in [-0.3, -0.25) is 0 Å². The molecule has 7 heteroatoms. The van der Waals surface area contributed by atoms with Gasteiger partial charge in [-0.05, 0) is 13.8 Å². The van der Waals surface area contributed by atoms with Crippen LogP contribution in [0.25, 0.3) is 11.0 Å². The van der Waals surface area contributed by atoms with Gasteiger partial charge in [0, 0.05) is 18.7 Å². The molecule has 2 aromatic rings. The van der Waals surface area contributed by atoms with E-state index >= 15 is 0 Å². The zero-order chi connectivity index (χ0) is 15.6. The quantitative estimate of drug-likeness (QED) is 0.884. The third kappa shape index (κ3) is 2.72. The van der Waals surface area contributed by atoms with Crippen LogP contribution in [0.3, 0.4) is 0 Å². The fourth-order valence-electron chi connectivity index (χ4n) is 2.38. The normalized spacial score (nSPS) is 12.2. The van der Waals surface area contributed by atoms with E-state index < -0.39 is 12.1 Å². The summed E-state index contributed by atoms with van der Waals surface area (Å²) >= 11 is 0. The van der Waals surface area contributed by atoms with Crippen molar-refractivity contribution in [2.45, 2.75) is 26.4 Å². The molecule has 0 fully saturated rings. The molecule has 0 aliphatic rings. The molecule has 2 N–H and O–H groups in total. The molecule has 0 bridgehead atoms. The van der Waals surface area contributed by atoms with Crippen LogP contribution in [0.1, 0.15) is 25.7 Å². The number of amides is 1. The van der Waals surface area contributed by atoms with Gasteiger partial charge >= 0.3 is 6.09 Å². The molecule has 0 spiro atoms. The van der Waals surface area contributed by atoms with Crippen molar-refractivity contribution in [3.63, 3.8) is 0 Å². The van der Waals surface area contributed by atoms with Crippen molar-refractivity contribution in [1.82, 2.24) is 14.9 Å². The Bertz CT molecular complexity index is 666. The second kappa shape index (κ2) is 5.90. The number of ether oxygens (including phenoxy) is 2. The lowest BCUT2D eigenvalue weighted by atomic mass is 10.2. The zero-order valence-electron chi connectivity index (χ0n) is 12.5. The summed E-state index contributed by atoms with van der Waals surface area (Å²) < 4.78 is 12.5. The Labute approximate surface area is 122 Å². The molecular formula is C14H19N3O4. The van der Waals surface area contributed by atoms with Gasteiger partial charge in [-0.25, -0.2) is 9.78 Å². The first-order valence-electron chi connectivity index (χ1n) is 6.63. The number of imidazole rings is 1. The summed E-state index contributed by atoms with van der Waals surface area (Å²) in [5.41, 5.74) is 1.62. The van der Waals surface area contributed by atoms with Gasteiger partial charge in [0.15, 0.2) is 11.5 Å². The summed E-state index contributed by atoms with van der Waals surface area (Å²) in [5, 5.41) is 11.3. The number of aryl methyl sites for hydroxylation is 1. The Balaban J connectivity index is 2.60. The van der Waals surface area contributed by atoms with Gasteiger partial charge < -0.3 is 24.5 Å². The zero-order valence-corrected chi connectivity index (χ0v) is 12.5. The van der Waals surface area contributed by atoms with Crippen LogP contribution in [-0.4, -0.2) is 35.0 Å². The first kappa shape index (κ1) is 15.0. The first-order chi connectivity index (χ1) is 10.0. The van der Waals surface area contributed by atoms with E-state index in [0.717, 1.165) is 11.0 Å². The number of aromatic nitrogens is 2. The number of carboxylic acid groups (broad SMARTS) is 1. The lowest BCUT2D eigenvalue weighted by Gasteiger charge is -2.13. The molecule has 21 heavy (non-hydrogen) atoms. The Morgan fingerprint density at radius 2 is 2.00 bits per heavy atom. The average molecular weight is 293 g/mol. The SMILES string of the molecule is CCn1c([C@@H](C)NC(=O)O)nc2cc(OC)c(OC)cc21. The average Bonchev–Trinajstić information content (AvgIpc) is 2.82. The molecule has 0 unspecified atom stereocenters. The highest BCUT2D eigenvalue weighted by atomic mass is 16.5. The summed E-state index contributed by atoms with van der Waals surface area (Å²) in [5.74, 6) is 1.87. The van der Waals surface area contributed by atoms with Crippen LogP contribution in [0, 0.1) is 0 Å². The highest BCUT2D eigenvalue weighted by molar-refractivity contribution is 5.81. The van der Waals surface area contributed by atoms with Crippen LogP contribution >= 0.6 is 0 Å². The molecule has 0 aliphatic carbocycles. The monoisotopic (exact) mass is 293 g/mol. The molecule has 0 saturated heterocycles. The van der Waals surface area contributed by atoms with Gasteiger partial charge in [0.1, 0.15) is 5.82 Å². The smallest absolute Gasteiger partial charge is 0.405 e. The van der Waals surface area contributed by atoms with Gasteiger partial charge in [-0.15, -0.1) is 0 Å². The number of nitrogens with one attached hydrogen (secondary N) is 1. The number of hydrogen-bond donors (Lipinski definition) is 2. The van der Waals surface area contributed by atoms with Gasteiger partial charge in [0.05, 0.1) is 31.3 Å². The minimum absolute atomic E-state index is 0.410. The van der Waals surface area contributed by atoms with Crippen molar-refractivity contribution in [2.75, 3.05) is 14.2 Å². The predicted molar refractivity (Wildman–Crippen MR) is 78.1 cm³/mol. The van der Waals surface area contributed by atoms with Crippen molar-refractivity contribution in [1.29, 1.82) is 0 Å². The van der Waals surface area contributed by atoms with E-state index in [1.165, 1.54) is 0 Å². The fraction of sp³-hybridized carbons (Fsp3) is 0.429. The molecular weight excluding hydrogens is 274 g/mol. The Morgan fingerprint density at radius 1 is 1.38 bits per heavy atom. The van der Waals surface area contributed by atoms with Crippen molar-refractivity contribution in [3.8, 4) is 11.5 Å². The Morgan fingerprint density at radius 3 is 2.52 bits per heavy atom. The fourth-order valence-corrected chi connectivity index (χ4v) is 2.38. The van der Waals surface area contributed by atoms with Gasteiger partial charge in [-0.2, -0.15) is 0 Å². The highest BCUT2D eigenvalue weighted by Gasteiger charge is 2.19. The van der Waals surface area contributed by atoms with Crippen LogP contribution in [-0.2, 0) is 6.54 Å². The van der Waals surface area contributed by atoms with E-state index in [4.69, 9.17) is 14.6 Å². The molecule has 2 rings (SSSR count). The van der Waals surface area contributed by atoms with Crippen molar-refractivity contribution < 1.29 is 19.4 Å². The second-order valence-electron chi connectivity index (χ2n) is 4.58. The summed E-state index contributed by atoms with van der Waals surface area (Å²) in [6, 6.07) is 3.23. The second-order valence-corrected chi connectivity index (χ2v) is 4.58. The van der Waals surface area contributed by atoms with Crippen molar-refractivity contribution in [2.24, 2.45) is 0 Å². The van der Waals surface area contributed by atoms with Gasteiger partial charge in [-0.1, -0.05) is 0 Å². The van der Waals surface area contributed by atoms with E-state index in [1.54, 1.807) is 27.2 Å². The number of carbonyl (C=O) groups is 1. The third-order valence-corrected chi connectivity index (χ3v) is 3.33. The lowest BCUT2D eigenvalue weighted by Crippen LogP contribution is -2.26. The van der Waals surface area contributed by atoms with Crippen LogP contribution < -0.4 is 14.8 Å². The molecule has 1 aromatic carbocycles. The molecule has 1 aromatic heterocycles. The van der Waals surface area contributed by atoms with Gasteiger partial charge in [0.2, 0.25) is 0 Å². The Hall–Kier alpha value is -2.44. The largest absolute Gasteiger partial charge is 0.493 e. The summed E-state index contributed by atoms with van der Waals surface area (Å²) in [6.07, 6.45) is -1.08. The maximum Gasteiger partial charge on any atom is 0.405 e. The predicted octanol–water partition coefficient (Wildman–Crippen LogP) is 2.40. The maximum atomic E-state index is 10.8. The topological polar surface area (TPSA) is 85.6 Å². The van der Waals surface area contributed by atoms with E-state index in [2.05, 4.69) is 10.3 Å². The summed E-state index contributed by atoms with van der Waals surface area (Å²) in [4.78, 5) is 15.3. The van der Waals surface area contributed by atoms with Gasteiger partial charge in [0.25, 0.3) is 0 Å². The van der Waals surface area contributed by atoms with Crippen LogP contribution in [0.5, 0.6) is 11.5 Å². The van der Waals surface area contributed by atoms with E-state index in [9.17, 15) is 4.79 Å². The first-order valence-corrected chi connectivity index (χ1v) is 6.63. The summed E-state index contributed by atoms with van der Waals surface area (Å²) in [7, 11) is 3.14. The Kier molecular flexibility index (Phi) is 4.21. The molecule has 1 atom stereocenters. The van der Waals surface area contributed by atoms with Crippen LogP contribution in [0.2, 0.25) is 0 Å². The van der Waals surface area contributed by atoms with Crippen molar-refractivity contribution >= 4 is 17.1 Å². The number of benzene rings is 1. The molecule has 7 nitrogen and oxygen atoms in total. The van der Waals surface area contributed by atoms with Crippen LogP contribution in [0.4, 0.5) is 4.79 Å². The molecule has 1 amide bonds. The maximum absolute atomic E-state index is 10.8. The molecule has 0 radical (unpaired) electrons. The molecule has 0 aliphatic heterocycles. The van der Waals surface area contributed by atoms with E-state index in [1.807, 2.05) is 17.6 Å². The highest BCUT2D eigenvalue weighted by Crippen LogP contribution is 2.33. The minimum atomic E-state index is -1.08. The number of fused-ring (bicyclic) bond motifs is 1. The molecule has 0 saturated carbocycles. The van der Waals surface area contributed by atoms with E-state index in [-0.39, 0.29) is 0 Å².